The summed E-state index contributed by atoms with van der Waals surface area (Å²) in [7, 11) is 0. The van der Waals surface area contributed by atoms with Crippen molar-refractivity contribution in [3.63, 3.8) is 0 Å². The van der Waals surface area contributed by atoms with Crippen molar-refractivity contribution in [2.24, 2.45) is 0 Å². The number of nitrogens with zero attached hydrogens (tertiary/aromatic N) is 1. The molecule has 0 heterocycles. The lowest BCUT2D eigenvalue weighted by Crippen LogP contribution is -2.16. The van der Waals surface area contributed by atoms with E-state index in [9.17, 15) is 22.4 Å². The first-order chi connectivity index (χ1) is 7.81. The fourth-order valence-electron chi connectivity index (χ4n) is 1.25. The zero-order valence-electron chi connectivity index (χ0n) is 8.11. The zero-order valence-corrected chi connectivity index (χ0v) is 8.86. The highest BCUT2D eigenvalue weighted by molar-refractivity contribution is 6.30. The van der Waals surface area contributed by atoms with Crippen LogP contribution in [0, 0.1) is 17.1 Å². The van der Waals surface area contributed by atoms with Gasteiger partial charge >= 0.3 is 6.18 Å². The van der Waals surface area contributed by atoms with E-state index >= 15 is 0 Å². The van der Waals surface area contributed by atoms with Crippen molar-refractivity contribution in [3.05, 3.63) is 34.6 Å². The first-order valence-corrected chi connectivity index (χ1v) is 4.74. The highest BCUT2D eigenvalue weighted by Gasteiger charge is 2.37. The monoisotopic (exact) mass is 265 g/mol. The molecule has 0 aliphatic rings. The molecule has 0 aromatic heterocycles. The molecule has 0 aliphatic heterocycles. The van der Waals surface area contributed by atoms with E-state index in [-0.39, 0.29) is 0 Å². The van der Waals surface area contributed by atoms with E-state index in [1.807, 2.05) is 0 Å². The van der Waals surface area contributed by atoms with Crippen molar-refractivity contribution in [1.29, 1.82) is 5.26 Å². The van der Waals surface area contributed by atoms with Crippen LogP contribution in [0.15, 0.2) is 12.1 Å². The van der Waals surface area contributed by atoms with Gasteiger partial charge in [-0.15, -0.1) is 11.6 Å². The molecule has 0 N–H and O–H groups in total. The number of halogens is 5. The minimum atomic E-state index is -4.93. The average molecular weight is 266 g/mol. The molecule has 0 atom stereocenters. The first-order valence-electron chi connectivity index (χ1n) is 4.21. The summed E-state index contributed by atoms with van der Waals surface area (Å²) in [5.74, 6) is -3.35. The van der Waals surface area contributed by atoms with Crippen molar-refractivity contribution >= 4 is 17.4 Å². The Kier molecular flexibility index (Phi) is 3.73. The third kappa shape index (κ3) is 2.74. The van der Waals surface area contributed by atoms with Gasteiger partial charge in [0.1, 0.15) is 5.82 Å². The molecule has 0 saturated heterocycles. The summed E-state index contributed by atoms with van der Waals surface area (Å²) in [6.07, 6.45) is -4.93. The largest absolute Gasteiger partial charge is 0.417 e. The smallest absolute Gasteiger partial charge is 0.293 e. The molecule has 7 heteroatoms. The predicted molar refractivity (Wildman–Crippen MR) is 51.2 cm³/mol. The first kappa shape index (κ1) is 13.5. The number of Topliss-reactive ketones (excluding diaryl/α,β-unsaturated/α-hetero) is 1. The standard InChI is InChI=1S/C10H4ClF4NO/c11-3-8(17)9-6(10(13,14)15)1-5(4-16)2-7(9)12/h1-2H,3H2. The lowest BCUT2D eigenvalue weighted by molar-refractivity contribution is -0.138. The van der Waals surface area contributed by atoms with Crippen molar-refractivity contribution in [1.82, 2.24) is 0 Å². The van der Waals surface area contributed by atoms with E-state index < -0.39 is 40.3 Å². The zero-order chi connectivity index (χ0) is 13.2. The summed E-state index contributed by atoms with van der Waals surface area (Å²) in [5, 5.41) is 8.44. The maximum Gasteiger partial charge on any atom is 0.417 e. The van der Waals surface area contributed by atoms with Crippen LogP contribution in [0.25, 0.3) is 0 Å². The topological polar surface area (TPSA) is 40.9 Å². The van der Waals surface area contributed by atoms with Crippen LogP contribution in [0.3, 0.4) is 0 Å². The van der Waals surface area contributed by atoms with Gasteiger partial charge < -0.3 is 0 Å². The molecule has 1 aromatic carbocycles. The van der Waals surface area contributed by atoms with Crippen LogP contribution in [-0.2, 0) is 6.18 Å². The number of ketones is 1. The lowest BCUT2D eigenvalue weighted by Gasteiger charge is -2.12. The number of carbonyl (C=O) groups is 1. The van der Waals surface area contributed by atoms with Gasteiger partial charge in [-0.1, -0.05) is 0 Å². The second-order valence-electron chi connectivity index (χ2n) is 3.05. The number of hydrogen-bond acceptors (Lipinski definition) is 2. The van der Waals surface area contributed by atoms with Crippen molar-refractivity contribution in [2.75, 3.05) is 5.88 Å². The van der Waals surface area contributed by atoms with E-state index in [1.54, 1.807) is 0 Å². The minimum Gasteiger partial charge on any atom is -0.293 e. The number of carbonyl (C=O) groups excluding carboxylic acids is 1. The minimum absolute atomic E-state index is 0.420. The Morgan fingerprint density at radius 1 is 1.41 bits per heavy atom. The third-order valence-corrected chi connectivity index (χ3v) is 2.17. The molecule has 0 spiro atoms. The van der Waals surface area contributed by atoms with Gasteiger partial charge in [-0.05, 0) is 12.1 Å². The second kappa shape index (κ2) is 4.72. The normalized spacial score (nSPS) is 11.1. The van der Waals surface area contributed by atoms with Crippen molar-refractivity contribution < 1.29 is 22.4 Å². The molecule has 0 unspecified atom stereocenters. The maximum atomic E-state index is 13.3. The van der Waals surface area contributed by atoms with Gasteiger partial charge in [0, 0.05) is 0 Å². The van der Waals surface area contributed by atoms with Gasteiger partial charge in [0.15, 0.2) is 5.78 Å². The Hall–Kier alpha value is -1.61. The molecule has 0 radical (unpaired) electrons. The average Bonchev–Trinajstić information content (AvgIpc) is 2.25. The van der Waals surface area contributed by atoms with Crippen LogP contribution in [0.4, 0.5) is 17.6 Å². The van der Waals surface area contributed by atoms with Crippen LogP contribution in [0.5, 0.6) is 0 Å². The van der Waals surface area contributed by atoms with Crippen LogP contribution >= 0.6 is 11.6 Å². The summed E-state index contributed by atoms with van der Waals surface area (Å²) in [6.45, 7) is 0. The Morgan fingerprint density at radius 2 is 2.00 bits per heavy atom. The molecule has 90 valence electrons. The van der Waals surface area contributed by atoms with Crippen LogP contribution in [0.1, 0.15) is 21.5 Å². The van der Waals surface area contributed by atoms with Gasteiger partial charge in [-0.3, -0.25) is 4.79 Å². The van der Waals surface area contributed by atoms with E-state index in [1.165, 1.54) is 6.07 Å². The van der Waals surface area contributed by atoms with Gasteiger partial charge in [-0.2, -0.15) is 18.4 Å². The van der Waals surface area contributed by atoms with E-state index in [2.05, 4.69) is 0 Å². The van der Waals surface area contributed by atoms with Crippen LogP contribution in [-0.4, -0.2) is 11.7 Å². The van der Waals surface area contributed by atoms with E-state index in [0.717, 1.165) is 0 Å². The number of nitriles is 1. The quantitative estimate of drug-likeness (QED) is 0.468. The molecular weight excluding hydrogens is 262 g/mol. The molecule has 17 heavy (non-hydrogen) atoms. The maximum absolute atomic E-state index is 13.3. The second-order valence-corrected chi connectivity index (χ2v) is 3.31. The molecule has 0 saturated carbocycles. The number of benzene rings is 1. The molecule has 1 aromatic rings. The molecule has 0 bridgehead atoms. The third-order valence-electron chi connectivity index (χ3n) is 1.92. The van der Waals surface area contributed by atoms with Crippen LogP contribution in [0.2, 0.25) is 0 Å². The number of hydrogen-bond donors (Lipinski definition) is 0. The highest BCUT2D eigenvalue weighted by Crippen LogP contribution is 2.34. The van der Waals surface area contributed by atoms with E-state index in [4.69, 9.17) is 16.9 Å². The van der Waals surface area contributed by atoms with Gasteiger partial charge in [-0.25, -0.2) is 4.39 Å². The predicted octanol–water partition coefficient (Wildman–Crippen LogP) is 3.14. The van der Waals surface area contributed by atoms with E-state index in [0.29, 0.717) is 12.1 Å². The number of alkyl halides is 4. The number of rotatable bonds is 2. The van der Waals surface area contributed by atoms with Gasteiger partial charge in [0.05, 0.1) is 28.6 Å². The molecule has 1 rings (SSSR count). The summed E-state index contributed by atoms with van der Waals surface area (Å²) >= 11 is 5.11. The summed E-state index contributed by atoms with van der Waals surface area (Å²) in [4.78, 5) is 11.1. The molecule has 0 amide bonds. The fourth-order valence-corrected chi connectivity index (χ4v) is 1.38. The van der Waals surface area contributed by atoms with Crippen LogP contribution < -0.4 is 0 Å². The molecule has 0 fully saturated rings. The Balaban J connectivity index is 3.58. The Morgan fingerprint density at radius 3 is 2.41 bits per heavy atom. The van der Waals surface area contributed by atoms with Gasteiger partial charge in [0.25, 0.3) is 0 Å². The fraction of sp³-hybridized carbons (Fsp3) is 0.200. The van der Waals surface area contributed by atoms with Crippen molar-refractivity contribution in [3.8, 4) is 6.07 Å². The highest BCUT2D eigenvalue weighted by atomic mass is 35.5. The molecule has 0 aliphatic carbocycles. The molecular formula is C10H4ClF4NO. The Bertz CT molecular complexity index is 504. The van der Waals surface area contributed by atoms with Crippen molar-refractivity contribution in [2.45, 2.75) is 6.18 Å². The summed E-state index contributed by atoms with van der Waals surface area (Å²) in [6, 6.07) is 2.36. The lowest BCUT2D eigenvalue weighted by atomic mass is 10.0. The summed E-state index contributed by atoms with van der Waals surface area (Å²) in [5.41, 5.74) is -3.13. The van der Waals surface area contributed by atoms with Gasteiger partial charge in [0.2, 0.25) is 0 Å². The molecule has 2 nitrogen and oxygen atoms in total. The Labute approximate surface area is 98.4 Å². The summed E-state index contributed by atoms with van der Waals surface area (Å²) < 4.78 is 51.0. The SMILES string of the molecule is N#Cc1cc(F)c(C(=O)CCl)c(C(F)(F)F)c1.